The van der Waals surface area contributed by atoms with E-state index >= 15 is 0 Å². The molecule has 0 radical (unpaired) electrons. The first-order valence-corrected chi connectivity index (χ1v) is 9.59. The van der Waals surface area contributed by atoms with Gasteiger partial charge in [-0.05, 0) is 57.5 Å². The van der Waals surface area contributed by atoms with E-state index in [-0.39, 0.29) is 0 Å². The van der Waals surface area contributed by atoms with E-state index in [9.17, 15) is 0 Å². The van der Waals surface area contributed by atoms with Gasteiger partial charge >= 0.3 is 0 Å². The molecule has 1 aliphatic heterocycles. The average molecular weight is 326 g/mol. The molecule has 2 aromatic carbocycles. The molecule has 0 aromatic heterocycles. The predicted octanol–water partition coefficient (Wildman–Crippen LogP) is 5.70. The minimum atomic E-state index is 0.532. The minimum Gasteiger partial charge on any atom is -0.303 e. The van der Waals surface area contributed by atoms with E-state index in [0.29, 0.717) is 11.3 Å². The zero-order chi connectivity index (χ0) is 16.1. The molecule has 122 valence electrons. The van der Waals surface area contributed by atoms with Gasteiger partial charge in [0.1, 0.15) is 0 Å². The summed E-state index contributed by atoms with van der Waals surface area (Å²) < 4.78 is 0. The molecule has 2 aromatic rings. The lowest BCUT2D eigenvalue weighted by atomic mass is 9.96. The van der Waals surface area contributed by atoms with Gasteiger partial charge in [0, 0.05) is 16.2 Å². The number of likely N-dealkylation sites (tertiary alicyclic amines) is 1. The molecule has 0 N–H and O–H groups in total. The molecule has 1 nitrogen and oxygen atoms in total. The Kier molecular flexibility index (Phi) is 5.80. The van der Waals surface area contributed by atoms with Gasteiger partial charge in [0.15, 0.2) is 0 Å². The maximum Gasteiger partial charge on any atom is 0.0359 e. The molecule has 0 bridgehead atoms. The molecule has 0 aliphatic carbocycles. The molecule has 0 saturated carbocycles. The number of thioether (sulfide) groups is 1. The second kappa shape index (κ2) is 8.03. The molecule has 1 fully saturated rings. The van der Waals surface area contributed by atoms with Crippen molar-refractivity contribution in [2.45, 2.75) is 48.8 Å². The molecule has 2 atom stereocenters. The van der Waals surface area contributed by atoms with Gasteiger partial charge in [0.05, 0.1) is 0 Å². The number of rotatable bonds is 5. The third-order valence-electron chi connectivity index (χ3n) is 4.88. The summed E-state index contributed by atoms with van der Waals surface area (Å²) >= 11 is 2.02. The fourth-order valence-electron chi connectivity index (χ4n) is 3.39. The van der Waals surface area contributed by atoms with Gasteiger partial charge in [-0.1, -0.05) is 54.4 Å². The minimum absolute atomic E-state index is 0.532. The smallest absolute Gasteiger partial charge is 0.0359 e. The van der Waals surface area contributed by atoms with E-state index in [1.54, 1.807) is 0 Å². The summed E-state index contributed by atoms with van der Waals surface area (Å²) in [5.74, 6) is 0. The first-order chi connectivity index (χ1) is 11.2. The van der Waals surface area contributed by atoms with Gasteiger partial charge < -0.3 is 4.90 Å². The molecule has 1 saturated heterocycles. The molecule has 2 unspecified atom stereocenters. The van der Waals surface area contributed by atoms with Crippen LogP contribution in [-0.2, 0) is 0 Å². The Hall–Kier alpha value is -1.25. The predicted molar refractivity (Wildman–Crippen MR) is 101 cm³/mol. The molecule has 1 heterocycles. The summed E-state index contributed by atoms with van der Waals surface area (Å²) in [6, 6.07) is 20.7. The quantitative estimate of drug-likeness (QED) is 0.648. The molecule has 3 rings (SSSR count). The Morgan fingerprint density at radius 2 is 1.78 bits per heavy atom. The van der Waals surface area contributed by atoms with Crippen LogP contribution in [0.15, 0.2) is 59.5 Å². The van der Waals surface area contributed by atoms with Gasteiger partial charge in [0.25, 0.3) is 0 Å². The number of aryl methyl sites for hydroxylation is 1. The molecular weight excluding hydrogens is 298 g/mol. The second-order valence-corrected chi connectivity index (χ2v) is 7.97. The van der Waals surface area contributed by atoms with Crippen molar-refractivity contribution in [3.8, 4) is 0 Å². The van der Waals surface area contributed by atoms with Crippen molar-refractivity contribution < 1.29 is 0 Å². The van der Waals surface area contributed by atoms with Crippen molar-refractivity contribution in [3.63, 3.8) is 0 Å². The van der Waals surface area contributed by atoms with E-state index < -0.39 is 0 Å². The van der Waals surface area contributed by atoms with Crippen molar-refractivity contribution in [1.82, 2.24) is 4.90 Å². The molecule has 0 amide bonds. The average Bonchev–Trinajstić information content (AvgIpc) is 2.59. The third kappa shape index (κ3) is 4.62. The largest absolute Gasteiger partial charge is 0.303 e. The van der Waals surface area contributed by atoms with Crippen molar-refractivity contribution in [2.75, 3.05) is 13.6 Å². The van der Waals surface area contributed by atoms with E-state index in [1.165, 1.54) is 48.3 Å². The maximum atomic E-state index is 2.56. The summed E-state index contributed by atoms with van der Waals surface area (Å²) in [4.78, 5) is 3.94. The number of piperidine rings is 1. The van der Waals surface area contributed by atoms with Crippen LogP contribution < -0.4 is 0 Å². The van der Waals surface area contributed by atoms with Gasteiger partial charge in [0.2, 0.25) is 0 Å². The summed E-state index contributed by atoms with van der Waals surface area (Å²) in [6.45, 7) is 3.40. The number of hydrogen-bond acceptors (Lipinski definition) is 2. The van der Waals surface area contributed by atoms with Gasteiger partial charge in [-0.25, -0.2) is 0 Å². The highest BCUT2D eigenvalue weighted by Gasteiger charge is 2.24. The van der Waals surface area contributed by atoms with Crippen LogP contribution >= 0.6 is 11.8 Å². The fraction of sp³-hybridized carbons (Fsp3) is 0.429. The highest BCUT2D eigenvalue weighted by Crippen LogP contribution is 2.40. The summed E-state index contributed by atoms with van der Waals surface area (Å²) in [5.41, 5.74) is 2.79. The van der Waals surface area contributed by atoms with Crippen LogP contribution in [0.3, 0.4) is 0 Å². The van der Waals surface area contributed by atoms with Crippen molar-refractivity contribution in [2.24, 2.45) is 0 Å². The first-order valence-electron chi connectivity index (χ1n) is 8.71. The van der Waals surface area contributed by atoms with E-state index in [2.05, 4.69) is 73.5 Å². The number of hydrogen-bond donors (Lipinski definition) is 0. The third-order valence-corrected chi connectivity index (χ3v) is 6.17. The summed E-state index contributed by atoms with van der Waals surface area (Å²) in [7, 11) is 2.29. The second-order valence-electron chi connectivity index (χ2n) is 6.70. The lowest BCUT2D eigenvalue weighted by Gasteiger charge is -2.35. The van der Waals surface area contributed by atoms with E-state index in [1.807, 2.05) is 11.8 Å². The van der Waals surface area contributed by atoms with Crippen LogP contribution in [0.25, 0.3) is 0 Å². The van der Waals surface area contributed by atoms with Crippen LogP contribution in [0.5, 0.6) is 0 Å². The van der Waals surface area contributed by atoms with Crippen molar-refractivity contribution in [1.29, 1.82) is 0 Å². The Labute approximate surface area is 145 Å². The topological polar surface area (TPSA) is 3.24 Å². The van der Waals surface area contributed by atoms with E-state index in [0.717, 1.165) is 0 Å². The lowest BCUT2D eigenvalue weighted by molar-refractivity contribution is 0.175. The number of nitrogens with zero attached hydrogens (tertiary/aromatic N) is 1. The fourth-order valence-corrected chi connectivity index (χ4v) is 4.62. The Balaban J connectivity index is 1.77. The standard InChI is InChI=1S/C21H27NS/c1-17-11-13-20(14-12-17)23-21(18-8-4-3-5-9-18)16-19-10-6-7-15-22(19)2/h3-5,8-9,11-14,19,21H,6-7,10,15-16H2,1-2H3. The highest BCUT2D eigenvalue weighted by molar-refractivity contribution is 7.99. The summed E-state index contributed by atoms with van der Waals surface area (Å²) in [6.07, 6.45) is 5.31. The Morgan fingerprint density at radius 3 is 2.48 bits per heavy atom. The first kappa shape index (κ1) is 16.6. The van der Waals surface area contributed by atoms with Crippen LogP contribution in [0.4, 0.5) is 0 Å². The maximum absolute atomic E-state index is 2.56. The zero-order valence-corrected chi connectivity index (χ0v) is 15.1. The van der Waals surface area contributed by atoms with Crippen molar-refractivity contribution >= 4 is 11.8 Å². The van der Waals surface area contributed by atoms with Crippen LogP contribution in [0, 0.1) is 6.92 Å². The van der Waals surface area contributed by atoms with Crippen molar-refractivity contribution in [3.05, 3.63) is 65.7 Å². The van der Waals surface area contributed by atoms with Crippen LogP contribution in [0.1, 0.15) is 42.1 Å². The Bertz CT molecular complexity index is 593. The molecule has 23 heavy (non-hydrogen) atoms. The molecule has 2 heteroatoms. The summed E-state index contributed by atoms with van der Waals surface area (Å²) in [5, 5.41) is 0.532. The van der Waals surface area contributed by atoms with Crippen LogP contribution in [-0.4, -0.2) is 24.5 Å². The van der Waals surface area contributed by atoms with Gasteiger partial charge in [-0.2, -0.15) is 0 Å². The normalized spacial score (nSPS) is 20.3. The van der Waals surface area contributed by atoms with Gasteiger partial charge in [-0.3, -0.25) is 0 Å². The zero-order valence-electron chi connectivity index (χ0n) is 14.2. The SMILES string of the molecule is Cc1ccc(SC(CC2CCCCN2C)c2ccccc2)cc1. The Morgan fingerprint density at radius 1 is 1.04 bits per heavy atom. The van der Waals surface area contributed by atoms with E-state index in [4.69, 9.17) is 0 Å². The van der Waals surface area contributed by atoms with Gasteiger partial charge in [-0.15, -0.1) is 11.8 Å². The molecule has 0 spiro atoms. The monoisotopic (exact) mass is 325 g/mol. The van der Waals surface area contributed by atoms with Crippen LogP contribution in [0.2, 0.25) is 0 Å². The molecule has 1 aliphatic rings. The number of benzene rings is 2. The molecular formula is C21H27NS. The lowest BCUT2D eigenvalue weighted by Crippen LogP contribution is -2.36. The highest BCUT2D eigenvalue weighted by atomic mass is 32.2.